The van der Waals surface area contributed by atoms with Gasteiger partial charge in [-0.15, -0.1) is 0 Å². The number of methoxy groups -OCH3 is 2. The van der Waals surface area contributed by atoms with Crippen LogP contribution >= 0.6 is 11.6 Å². The van der Waals surface area contributed by atoms with Crippen molar-refractivity contribution in [3.8, 4) is 5.75 Å². The van der Waals surface area contributed by atoms with Gasteiger partial charge >= 0.3 is 12.1 Å². The van der Waals surface area contributed by atoms with Gasteiger partial charge in [0.25, 0.3) is 0 Å². The number of esters is 1. The molecule has 2 aliphatic rings. The molecule has 2 amide bonds. The molecule has 4 N–H and O–H groups in total. The van der Waals surface area contributed by atoms with E-state index >= 15 is 0 Å². The van der Waals surface area contributed by atoms with E-state index in [2.05, 4.69) is 16.0 Å². The van der Waals surface area contributed by atoms with E-state index in [-0.39, 0.29) is 18.7 Å². The molecule has 2 fully saturated rings. The predicted octanol–water partition coefficient (Wildman–Crippen LogP) is 3.05. The first-order valence-electron chi connectivity index (χ1n) is 14.9. The molecule has 0 spiro atoms. The van der Waals surface area contributed by atoms with Crippen LogP contribution < -0.4 is 20.7 Å². The Bertz CT molecular complexity index is 1290. The Hall–Kier alpha value is -3.16. The van der Waals surface area contributed by atoms with Gasteiger partial charge in [-0.1, -0.05) is 48.4 Å². The number of carbonyl (C=O) groups is 3. The van der Waals surface area contributed by atoms with E-state index in [1.54, 1.807) is 46.2 Å². The van der Waals surface area contributed by atoms with Gasteiger partial charge in [-0.3, -0.25) is 14.9 Å². The first kappa shape index (κ1) is 36.3. The average molecular weight is 652 g/mol. The van der Waals surface area contributed by atoms with Crippen LogP contribution in [-0.4, -0.2) is 93.2 Å². The maximum absolute atomic E-state index is 12.7. The molecule has 2 aliphatic heterocycles. The van der Waals surface area contributed by atoms with Gasteiger partial charge in [0, 0.05) is 26.5 Å². The Morgan fingerprint density at radius 1 is 1.27 bits per heavy atom. The number of hydrogen-bond donors (Lipinski definition) is 4. The highest BCUT2D eigenvalue weighted by molar-refractivity contribution is 6.32. The Kier molecular flexibility index (Phi) is 12.4. The smallest absolute Gasteiger partial charge is 0.409 e. The van der Waals surface area contributed by atoms with Gasteiger partial charge in [-0.25, -0.2) is 4.79 Å². The lowest BCUT2D eigenvalue weighted by Gasteiger charge is -2.42. The maximum Gasteiger partial charge on any atom is 0.409 e. The third-order valence-electron chi connectivity index (χ3n) is 8.47. The first-order chi connectivity index (χ1) is 21.2. The third kappa shape index (κ3) is 8.98. The van der Waals surface area contributed by atoms with Crippen molar-refractivity contribution < 1.29 is 43.2 Å². The monoisotopic (exact) mass is 651 g/mol. The van der Waals surface area contributed by atoms with Crippen LogP contribution in [0.3, 0.4) is 0 Å². The van der Waals surface area contributed by atoms with Gasteiger partial charge in [0.15, 0.2) is 5.72 Å². The van der Waals surface area contributed by atoms with Crippen LogP contribution in [0.15, 0.2) is 42.0 Å². The van der Waals surface area contributed by atoms with Gasteiger partial charge in [0.05, 0.1) is 24.7 Å². The second-order valence-corrected chi connectivity index (χ2v) is 12.2. The number of epoxide rings is 1. The number of rotatable bonds is 15. The van der Waals surface area contributed by atoms with Crippen LogP contribution in [0.25, 0.3) is 0 Å². The Morgan fingerprint density at radius 2 is 1.98 bits per heavy atom. The normalized spacial score (nSPS) is 27.5. The summed E-state index contributed by atoms with van der Waals surface area (Å²) in [5, 5.41) is 20.0. The molecular formula is C32H46ClN3O9. The molecule has 1 aromatic rings. The summed E-state index contributed by atoms with van der Waals surface area (Å²) in [5.74, 6) is -0.673. The lowest BCUT2D eigenvalue weighted by Crippen LogP contribution is -2.63. The summed E-state index contributed by atoms with van der Waals surface area (Å²) in [4.78, 5) is 37.5. The van der Waals surface area contributed by atoms with E-state index in [0.29, 0.717) is 17.2 Å². The molecule has 0 bridgehead atoms. The van der Waals surface area contributed by atoms with Crippen molar-refractivity contribution in [3.63, 3.8) is 0 Å². The predicted molar refractivity (Wildman–Crippen MR) is 168 cm³/mol. The van der Waals surface area contributed by atoms with Crippen molar-refractivity contribution in [2.75, 3.05) is 28.3 Å². The fraction of sp³-hybridized carbons (Fsp3) is 0.594. The van der Waals surface area contributed by atoms with Crippen molar-refractivity contribution in [2.45, 2.75) is 88.7 Å². The number of hydrogen-bond acceptors (Lipinski definition) is 10. The highest BCUT2D eigenvalue weighted by atomic mass is 35.5. The molecule has 1 unspecified atom stereocenters. The van der Waals surface area contributed by atoms with Crippen LogP contribution in [0.4, 0.5) is 4.79 Å². The number of amides is 2. The van der Waals surface area contributed by atoms with Gasteiger partial charge in [0.1, 0.15) is 35.7 Å². The number of halogens is 1. The summed E-state index contributed by atoms with van der Waals surface area (Å²) in [6.07, 6.45) is 1.95. The van der Waals surface area contributed by atoms with Gasteiger partial charge in [-0.2, -0.15) is 0 Å². The van der Waals surface area contributed by atoms with Gasteiger partial charge < -0.3 is 39.4 Å². The average Bonchev–Trinajstić information content (AvgIpc) is 3.70. The highest BCUT2D eigenvalue weighted by Gasteiger charge is 2.64. The number of nitrogens with one attached hydrogen (secondary N) is 3. The third-order valence-corrected chi connectivity index (χ3v) is 8.78. The molecule has 0 radical (unpaired) electrons. The lowest BCUT2D eigenvalue weighted by atomic mass is 9.83. The van der Waals surface area contributed by atoms with Crippen molar-refractivity contribution in [3.05, 3.63) is 52.6 Å². The van der Waals surface area contributed by atoms with Crippen LogP contribution in [0.5, 0.6) is 5.75 Å². The van der Waals surface area contributed by atoms with E-state index in [0.717, 1.165) is 11.1 Å². The highest BCUT2D eigenvalue weighted by Crippen LogP contribution is 2.48. The SMILES string of the molecule is CNC(=O)C[C@H](OC(=O)[C@H](C)NC)[C@]1(C)OC1[C@H](C)[C@@H]1C[C@](O)([C@@H](/C=C/C=C(\C)Cc2ccc(Cl)c(OC)c2)OC)NC(=O)O1. The second-order valence-electron chi connectivity index (χ2n) is 11.8. The summed E-state index contributed by atoms with van der Waals surface area (Å²) in [6.45, 7) is 7.20. The summed E-state index contributed by atoms with van der Waals surface area (Å²) in [6, 6.07) is 5.00. The summed E-state index contributed by atoms with van der Waals surface area (Å²) < 4.78 is 28.2. The van der Waals surface area contributed by atoms with Crippen molar-refractivity contribution in [1.29, 1.82) is 0 Å². The number of cyclic esters (lactones) is 1. The minimum atomic E-state index is -1.79. The quantitative estimate of drug-likeness (QED) is 0.126. The van der Waals surface area contributed by atoms with Crippen LogP contribution in [-0.2, 0) is 35.0 Å². The minimum Gasteiger partial charge on any atom is -0.495 e. The molecule has 1 aromatic carbocycles. The number of aliphatic hydroxyl groups is 1. The molecule has 0 aliphatic carbocycles. The van der Waals surface area contributed by atoms with E-state index < -0.39 is 59.8 Å². The van der Waals surface area contributed by atoms with E-state index in [1.165, 1.54) is 14.2 Å². The number of carbonyl (C=O) groups excluding carboxylic acids is 3. The molecule has 0 saturated carbocycles. The molecular weight excluding hydrogens is 606 g/mol. The van der Waals surface area contributed by atoms with Crippen LogP contribution in [0, 0.1) is 5.92 Å². The van der Waals surface area contributed by atoms with Crippen molar-refractivity contribution in [2.24, 2.45) is 5.92 Å². The molecule has 8 atom stereocenters. The standard InChI is InChI=1S/C32H46ClN3O9/c1-18(14-21-12-13-22(33)23(15-21)41-7)10-9-11-25(42-8)32(40)17-24(43-30(39)36-32)19(2)28-31(4,45-28)26(16-27(37)35-6)44-29(38)20(3)34-5/h9-13,15,19-20,24-26,28,34,40H,14,16-17H2,1-8H3,(H,35,37)(H,36,39)/b11-9+,18-10+/t19-,20+,24+,25-,26+,28?,31+,32+/m1/s1. The van der Waals surface area contributed by atoms with E-state index in [9.17, 15) is 19.5 Å². The molecule has 12 nitrogen and oxygen atoms in total. The summed E-state index contributed by atoms with van der Waals surface area (Å²) in [5.41, 5.74) is -0.749. The van der Waals surface area contributed by atoms with Gasteiger partial charge in [0.2, 0.25) is 5.91 Å². The zero-order valence-electron chi connectivity index (χ0n) is 27.1. The van der Waals surface area contributed by atoms with Crippen molar-refractivity contribution >= 4 is 29.6 Å². The van der Waals surface area contributed by atoms with Crippen LogP contribution in [0.2, 0.25) is 5.02 Å². The van der Waals surface area contributed by atoms with E-state index in [4.69, 9.17) is 35.3 Å². The number of benzene rings is 1. The molecule has 0 aromatic heterocycles. The fourth-order valence-corrected chi connectivity index (χ4v) is 5.68. The molecule has 3 rings (SSSR count). The maximum atomic E-state index is 12.7. The Balaban J connectivity index is 1.72. The van der Waals surface area contributed by atoms with E-state index in [1.807, 2.05) is 32.1 Å². The largest absolute Gasteiger partial charge is 0.495 e. The summed E-state index contributed by atoms with van der Waals surface area (Å²) in [7, 11) is 6.13. The molecule has 2 saturated heterocycles. The zero-order chi connectivity index (χ0) is 33.5. The minimum absolute atomic E-state index is 0.0113. The first-order valence-corrected chi connectivity index (χ1v) is 15.3. The zero-order valence-corrected chi connectivity index (χ0v) is 27.9. The number of ether oxygens (including phenoxy) is 5. The second kappa shape index (κ2) is 15.4. The summed E-state index contributed by atoms with van der Waals surface area (Å²) >= 11 is 6.13. The fourth-order valence-electron chi connectivity index (χ4n) is 5.49. The van der Waals surface area contributed by atoms with Crippen molar-refractivity contribution in [1.82, 2.24) is 16.0 Å². The molecule has 250 valence electrons. The molecule has 13 heteroatoms. The lowest BCUT2D eigenvalue weighted by molar-refractivity contribution is -0.155. The molecule has 2 heterocycles. The topological polar surface area (TPSA) is 157 Å². The Labute approximate surface area is 269 Å². The number of alkyl carbamates (subject to hydrolysis) is 1. The Morgan fingerprint density at radius 3 is 2.60 bits per heavy atom. The van der Waals surface area contributed by atoms with Crippen LogP contribution in [0.1, 0.15) is 46.1 Å². The number of likely N-dealkylation sites (N-methyl/N-ethyl adjacent to an activating group) is 1. The number of allylic oxidation sites excluding steroid dienone is 3. The van der Waals surface area contributed by atoms with Gasteiger partial charge in [-0.05, 0) is 51.9 Å². The molecule has 45 heavy (non-hydrogen) atoms.